The number of halogens is 1. The molecule has 1 aromatic carbocycles. The monoisotopic (exact) mass is 238 g/mol. The van der Waals surface area contributed by atoms with Gasteiger partial charge in [-0.2, -0.15) is 0 Å². The zero-order valence-electron chi connectivity index (χ0n) is 11.2. The average Bonchev–Trinajstić information content (AvgIpc) is 2.95. The number of hydrogen-bond donors (Lipinski definition) is 2. The molecule has 2 heterocycles. The molecule has 0 radical (unpaired) electrons. The van der Waals surface area contributed by atoms with Crippen LogP contribution in [0.1, 0.15) is 31.9 Å². The zero-order chi connectivity index (χ0) is 12.8. The van der Waals surface area contributed by atoms with Gasteiger partial charge in [0.2, 0.25) is 0 Å². The molecule has 0 saturated carbocycles. The molecule has 2 N–H and O–H groups in total. The van der Waals surface area contributed by atoms with Crippen molar-refractivity contribution in [2.75, 3.05) is 24.4 Å². The third kappa shape index (κ3) is 2.90. The summed E-state index contributed by atoms with van der Waals surface area (Å²) in [6.45, 7) is 7.34. The second-order valence-electron chi connectivity index (χ2n) is 4.09. The molecule has 0 bridgehead atoms. The minimum absolute atomic E-state index is 0.500. The van der Waals surface area contributed by atoms with Crippen molar-refractivity contribution in [1.29, 1.82) is 0 Å². The number of benzene rings is 1. The molecule has 2 aliphatic heterocycles. The van der Waals surface area contributed by atoms with Crippen molar-refractivity contribution in [2.45, 2.75) is 39.7 Å². The van der Waals surface area contributed by atoms with Crippen LogP contribution < -0.4 is 10.6 Å². The van der Waals surface area contributed by atoms with Crippen LogP contribution in [0.3, 0.4) is 0 Å². The van der Waals surface area contributed by atoms with Gasteiger partial charge in [0, 0.05) is 24.0 Å². The van der Waals surface area contributed by atoms with Gasteiger partial charge in [-0.25, -0.2) is 0 Å². The predicted molar refractivity (Wildman–Crippen MR) is 73.8 cm³/mol. The van der Waals surface area contributed by atoms with E-state index >= 15 is 0 Å². The maximum absolute atomic E-state index is 9.50. The molecule has 17 heavy (non-hydrogen) atoms. The van der Waals surface area contributed by atoms with E-state index in [4.69, 9.17) is 0 Å². The third-order valence-corrected chi connectivity index (χ3v) is 2.97. The highest BCUT2D eigenvalue weighted by molar-refractivity contribution is 5.68. The molecule has 1 atom stereocenters. The molecular weight excluding hydrogens is 215 g/mol. The highest BCUT2D eigenvalue weighted by Crippen LogP contribution is 2.33. The van der Waals surface area contributed by atoms with Crippen molar-refractivity contribution >= 4 is 11.4 Å². The van der Waals surface area contributed by atoms with Crippen LogP contribution in [0.4, 0.5) is 15.8 Å². The molecule has 3 rings (SSSR count). The summed E-state index contributed by atoms with van der Waals surface area (Å²) in [4.78, 5) is 0. The normalized spacial score (nSPS) is 18.5. The summed E-state index contributed by atoms with van der Waals surface area (Å²) in [6.07, 6.45) is 2.35. The lowest BCUT2D eigenvalue weighted by Crippen LogP contribution is -2.08. The summed E-state index contributed by atoms with van der Waals surface area (Å²) < 4.78 is 9.50. The first-order valence-electron chi connectivity index (χ1n) is 6.37. The molecule has 0 fully saturated rings. The summed E-state index contributed by atoms with van der Waals surface area (Å²) in [5.74, 6) is 0. The van der Waals surface area contributed by atoms with Crippen molar-refractivity contribution in [3.63, 3.8) is 0 Å². The topological polar surface area (TPSA) is 24.1 Å². The van der Waals surface area contributed by atoms with Crippen LogP contribution >= 0.6 is 0 Å². The van der Waals surface area contributed by atoms with Gasteiger partial charge in [-0.05, 0) is 43.0 Å². The lowest BCUT2D eigenvalue weighted by Gasteiger charge is -2.04. The van der Waals surface area contributed by atoms with Crippen LogP contribution in [0, 0.1) is 0 Å². The largest absolute Gasteiger partial charge is 0.384 e. The van der Waals surface area contributed by atoms with Gasteiger partial charge < -0.3 is 10.6 Å². The van der Waals surface area contributed by atoms with Gasteiger partial charge in [0.1, 0.15) is 0 Å². The van der Waals surface area contributed by atoms with Gasteiger partial charge in [-0.1, -0.05) is 13.8 Å². The Morgan fingerprint density at radius 3 is 2.47 bits per heavy atom. The molecule has 0 aliphatic carbocycles. The van der Waals surface area contributed by atoms with E-state index in [2.05, 4.69) is 29.7 Å². The van der Waals surface area contributed by atoms with Crippen LogP contribution in [0.2, 0.25) is 0 Å². The molecule has 2 aliphatic rings. The Bertz CT molecular complexity index is 330. The Labute approximate surface area is 104 Å². The van der Waals surface area contributed by atoms with E-state index in [-0.39, 0.29) is 0 Å². The van der Waals surface area contributed by atoms with Crippen LogP contribution in [0.25, 0.3) is 0 Å². The minimum Gasteiger partial charge on any atom is -0.384 e. The van der Waals surface area contributed by atoms with Gasteiger partial charge in [0.15, 0.2) is 0 Å². The fourth-order valence-corrected chi connectivity index (χ4v) is 2.34. The fraction of sp³-hybridized carbons (Fsp3) is 0.571. The zero-order valence-corrected chi connectivity index (χ0v) is 11.2. The van der Waals surface area contributed by atoms with Crippen molar-refractivity contribution in [2.24, 2.45) is 0 Å². The summed E-state index contributed by atoms with van der Waals surface area (Å²) in [5.41, 5.74) is 5.66. The van der Waals surface area contributed by atoms with Gasteiger partial charge in [0.05, 0.1) is 7.18 Å². The predicted octanol–water partition coefficient (Wildman–Crippen LogP) is 3.62. The Morgan fingerprint density at radius 2 is 1.76 bits per heavy atom. The van der Waals surface area contributed by atoms with Crippen LogP contribution in [0.5, 0.6) is 0 Å². The molecule has 0 aromatic heterocycles. The Balaban J connectivity index is 0.000000330. The number of rotatable bonds is 0. The quantitative estimate of drug-likeness (QED) is 0.721. The first kappa shape index (κ1) is 13.8. The molecule has 96 valence electrons. The minimum atomic E-state index is 0.500. The summed E-state index contributed by atoms with van der Waals surface area (Å²) in [5, 5.41) is 6.92. The second-order valence-corrected chi connectivity index (χ2v) is 4.09. The van der Waals surface area contributed by atoms with E-state index in [1.54, 1.807) is 0 Å². The number of fused-ring (bicyclic) bond motifs is 2. The Hall–Kier alpha value is -1.25. The van der Waals surface area contributed by atoms with Crippen LogP contribution in [-0.4, -0.2) is 19.8 Å². The van der Waals surface area contributed by atoms with Crippen LogP contribution in [-0.2, 0) is 12.8 Å². The van der Waals surface area contributed by atoms with E-state index in [1.807, 2.05) is 13.8 Å². The molecule has 1 unspecified atom stereocenters. The highest BCUT2D eigenvalue weighted by Gasteiger charge is 2.20. The SMILES string of the molecule is CC.CC1Cc2cc3c(cc2N1)CCN3.CF. The van der Waals surface area contributed by atoms with E-state index in [9.17, 15) is 4.39 Å². The number of nitrogens with one attached hydrogen (secondary N) is 2. The number of hydrogen-bond acceptors (Lipinski definition) is 2. The summed E-state index contributed by atoms with van der Waals surface area (Å²) in [7, 11) is 0.500. The van der Waals surface area contributed by atoms with E-state index in [0.29, 0.717) is 13.2 Å². The second kappa shape index (κ2) is 6.48. The molecule has 0 spiro atoms. The molecule has 0 amide bonds. The standard InChI is InChI=1S/C11H14N2.C2H6.CH3F/c1-7-4-9-6-10-8(2-3-12-10)5-11(9)13-7;2*1-2/h5-7,12-13H,2-4H2,1H3;1-2H3;1H3. The van der Waals surface area contributed by atoms with Crippen molar-refractivity contribution in [3.8, 4) is 0 Å². The fourth-order valence-electron chi connectivity index (χ4n) is 2.34. The molecule has 2 nitrogen and oxygen atoms in total. The highest BCUT2D eigenvalue weighted by atomic mass is 19.1. The summed E-state index contributed by atoms with van der Waals surface area (Å²) in [6, 6.07) is 5.24. The maximum Gasteiger partial charge on any atom is 0.0785 e. The van der Waals surface area contributed by atoms with Crippen molar-refractivity contribution < 1.29 is 4.39 Å². The van der Waals surface area contributed by atoms with Crippen LogP contribution in [0.15, 0.2) is 12.1 Å². The van der Waals surface area contributed by atoms with E-state index in [1.165, 1.54) is 35.3 Å². The maximum atomic E-state index is 9.50. The molecule has 0 saturated heterocycles. The lowest BCUT2D eigenvalue weighted by atomic mass is 10.1. The number of alkyl halides is 1. The van der Waals surface area contributed by atoms with Gasteiger partial charge >= 0.3 is 0 Å². The average molecular weight is 238 g/mol. The van der Waals surface area contributed by atoms with Gasteiger partial charge in [0.25, 0.3) is 0 Å². The van der Waals surface area contributed by atoms with Gasteiger partial charge in [-0.15, -0.1) is 0 Å². The summed E-state index contributed by atoms with van der Waals surface area (Å²) >= 11 is 0. The first-order chi connectivity index (χ1) is 8.33. The first-order valence-corrected chi connectivity index (χ1v) is 6.37. The van der Waals surface area contributed by atoms with Crippen molar-refractivity contribution in [3.05, 3.63) is 23.3 Å². The Morgan fingerprint density at radius 1 is 1.12 bits per heavy atom. The lowest BCUT2D eigenvalue weighted by molar-refractivity contribution is 0.636. The Kier molecular flexibility index (Phi) is 5.26. The van der Waals surface area contributed by atoms with E-state index < -0.39 is 0 Å². The smallest absolute Gasteiger partial charge is 0.0785 e. The van der Waals surface area contributed by atoms with E-state index in [0.717, 1.165) is 6.54 Å². The number of anilines is 2. The molecule has 3 heteroatoms. The van der Waals surface area contributed by atoms with Gasteiger partial charge in [-0.3, -0.25) is 4.39 Å². The molecular formula is C14H23FN2. The third-order valence-electron chi connectivity index (χ3n) is 2.97. The molecule has 1 aromatic rings. The van der Waals surface area contributed by atoms with Crippen molar-refractivity contribution in [1.82, 2.24) is 0 Å².